The highest BCUT2D eigenvalue weighted by Gasteiger charge is 2.43. The van der Waals surface area contributed by atoms with Gasteiger partial charge in [0.1, 0.15) is 0 Å². The molecule has 0 atom stereocenters. The molecule has 0 bridgehead atoms. The van der Waals surface area contributed by atoms with Crippen LogP contribution in [0.3, 0.4) is 0 Å². The summed E-state index contributed by atoms with van der Waals surface area (Å²) in [6.07, 6.45) is 3.68. The average molecular weight is 339 g/mol. The zero-order valence-electron chi connectivity index (χ0n) is 13.9. The lowest BCUT2D eigenvalue weighted by Crippen LogP contribution is -2.54. The highest BCUT2D eigenvalue weighted by molar-refractivity contribution is 6.88. The third-order valence-corrected chi connectivity index (χ3v) is 12.8. The van der Waals surface area contributed by atoms with Gasteiger partial charge in [0.05, 0.1) is 0 Å². The fraction of sp³-hybridized carbons (Fsp3) is 1.00. The van der Waals surface area contributed by atoms with E-state index >= 15 is 0 Å². The van der Waals surface area contributed by atoms with Gasteiger partial charge in [-0.15, -0.1) is 0 Å². The number of hydrogen-bond donors (Lipinski definition) is 0. The van der Waals surface area contributed by atoms with E-state index in [4.69, 9.17) is 8.23 Å². The van der Waals surface area contributed by atoms with Gasteiger partial charge in [-0.3, -0.25) is 0 Å². The third kappa shape index (κ3) is 12.3. The summed E-state index contributed by atoms with van der Waals surface area (Å²) in [4.78, 5) is 0. The largest absolute Gasteiger partial charge is 0.436 e. The van der Waals surface area contributed by atoms with Crippen molar-refractivity contribution in [3.63, 3.8) is 0 Å². The van der Waals surface area contributed by atoms with Crippen LogP contribution in [-0.4, -0.2) is 25.2 Å². The minimum Gasteiger partial charge on any atom is -0.436 e. The molecule has 0 radical (unpaired) electrons. The summed E-state index contributed by atoms with van der Waals surface area (Å²) in [6.45, 7) is 18.3. The highest BCUT2D eigenvalue weighted by Crippen LogP contribution is 2.30. The van der Waals surface area contributed by atoms with Crippen molar-refractivity contribution in [2.45, 2.75) is 99.3 Å². The molecular formula is C15H42O2Si3. The summed E-state index contributed by atoms with van der Waals surface area (Å²) < 4.78 is 13.3. The minimum atomic E-state index is -1.96. The van der Waals surface area contributed by atoms with Crippen molar-refractivity contribution in [3.05, 3.63) is 0 Å². The van der Waals surface area contributed by atoms with Gasteiger partial charge in [-0.05, 0) is 51.4 Å². The Kier molecular flexibility index (Phi) is 13.2. The number of hydrogen-bond acceptors (Lipinski definition) is 2. The van der Waals surface area contributed by atoms with Gasteiger partial charge in [-0.25, -0.2) is 0 Å². The highest BCUT2D eigenvalue weighted by atomic mass is 28.5. The molecule has 0 unspecified atom stereocenters. The van der Waals surface area contributed by atoms with Crippen molar-refractivity contribution in [1.29, 1.82) is 0 Å². The molecule has 0 N–H and O–H groups in total. The number of unbranched alkanes of at least 4 members (excludes halogenated alkanes) is 1. The van der Waals surface area contributed by atoms with E-state index in [1.165, 1.54) is 31.4 Å². The van der Waals surface area contributed by atoms with Gasteiger partial charge in [-0.2, -0.15) is 0 Å². The van der Waals surface area contributed by atoms with Crippen LogP contribution < -0.4 is 0 Å². The van der Waals surface area contributed by atoms with Crippen molar-refractivity contribution in [1.82, 2.24) is 0 Å². The normalized spacial score (nSPS) is 12.6. The van der Waals surface area contributed by atoms with Crippen LogP contribution >= 0.6 is 0 Å². The Bertz CT molecular complexity index is 216. The zero-order chi connectivity index (χ0) is 14.4. The van der Waals surface area contributed by atoms with Crippen LogP contribution in [0.1, 0.15) is 48.0 Å². The van der Waals surface area contributed by atoms with E-state index in [0.717, 1.165) is 0 Å². The maximum atomic E-state index is 6.63. The van der Waals surface area contributed by atoms with Crippen molar-refractivity contribution < 1.29 is 8.23 Å². The van der Waals surface area contributed by atoms with Crippen LogP contribution in [0.15, 0.2) is 0 Å². The van der Waals surface area contributed by atoms with E-state index in [0.29, 0.717) is 0 Å². The Morgan fingerprint density at radius 1 is 0.650 bits per heavy atom. The number of rotatable bonds is 9. The second kappa shape index (κ2) is 10.3. The molecule has 0 aromatic heterocycles. The van der Waals surface area contributed by atoms with Crippen molar-refractivity contribution in [2.75, 3.05) is 0 Å². The molecule has 0 saturated heterocycles. The van der Waals surface area contributed by atoms with Crippen molar-refractivity contribution >= 4 is 25.2 Å². The molecule has 0 aliphatic heterocycles. The molecule has 0 aromatic carbocycles. The van der Waals surface area contributed by atoms with E-state index in [-0.39, 0.29) is 14.9 Å². The van der Waals surface area contributed by atoms with Crippen LogP contribution in [0, 0.1) is 0 Å². The van der Waals surface area contributed by atoms with Crippen LogP contribution in [0.4, 0.5) is 0 Å². The van der Waals surface area contributed by atoms with Gasteiger partial charge in [0.2, 0.25) is 0 Å². The fourth-order valence-electron chi connectivity index (χ4n) is 2.29. The summed E-state index contributed by atoms with van der Waals surface area (Å²) in [6, 6.07) is 2.35. The maximum absolute atomic E-state index is 6.63. The maximum Gasteiger partial charge on any atom is 0.317 e. The second-order valence-corrected chi connectivity index (χ2v) is 20.1. The van der Waals surface area contributed by atoms with Gasteiger partial charge >= 0.3 is 8.56 Å². The van der Waals surface area contributed by atoms with E-state index in [1.807, 2.05) is 0 Å². The molecule has 0 spiro atoms. The van der Waals surface area contributed by atoms with E-state index in [1.54, 1.807) is 0 Å². The first kappa shape index (κ1) is 25.5. The molecular weight excluding hydrogens is 296 g/mol. The summed E-state index contributed by atoms with van der Waals surface area (Å²) >= 11 is 0. The Hall–Kier alpha value is 0.571. The topological polar surface area (TPSA) is 18.5 Å². The lowest BCUT2D eigenvalue weighted by molar-refractivity contribution is 0.368. The van der Waals surface area contributed by atoms with Crippen LogP contribution in [0.25, 0.3) is 0 Å². The molecule has 20 heavy (non-hydrogen) atoms. The van der Waals surface area contributed by atoms with E-state index in [9.17, 15) is 0 Å². The SMILES string of the molecule is C.C.CCCC[Si](CCC)(O[Si](C)(C)C)O[Si](C)(C)C. The zero-order valence-corrected chi connectivity index (χ0v) is 16.9. The molecule has 0 fully saturated rings. The molecule has 0 aromatic rings. The molecule has 5 heteroatoms. The van der Waals surface area contributed by atoms with Gasteiger partial charge < -0.3 is 8.23 Å². The van der Waals surface area contributed by atoms with E-state index < -0.39 is 25.2 Å². The average Bonchev–Trinajstić information content (AvgIpc) is 2.09. The summed E-state index contributed by atoms with van der Waals surface area (Å²) in [5.41, 5.74) is 0. The first-order valence-electron chi connectivity index (χ1n) is 7.44. The molecule has 2 nitrogen and oxygen atoms in total. The first-order valence-corrected chi connectivity index (χ1v) is 16.5. The second-order valence-electron chi connectivity index (χ2n) is 7.19. The lowest BCUT2D eigenvalue weighted by atomic mass is 10.4. The summed E-state index contributed by atoms with van der Waals surface area (Å²) in [5, 5.41) is 0. The molecule has 0 aliphatic rings. The molecule has 0 rings (SSSR count). The summed E-state index contributed by atoms with van der Waals surface area (Å²) in [7, 11) is -5.01. The van der Waals surface area contributed by atoms with Gasteiger partial charge in [-0.1, -0.05) is 48.0 Å². The Labute approximate surface area is 133 Å². The predicted molar refractivity (Wildman–Crippen MR) is 103 cm³/mol. The van der Waals surface area contributed by atoms with Gasteiger partial charge in [0.15, 0.2) is 16.6 Å². The van der Waals surface area contributed by atoms with Crippen LogP contribution in [0.5, 0.6) is 0 Å². The van der Waals surface area contributed by atoms with Crippen molar-refractivity contribution in [2.24, 2.45) is 0 Å². The third-order valence-electron chi connectivity index (χ3n) is 2.53. The van der Waals surface area contributed by atoms with Gasteiger partial charge in [0, 0.05) is 0 Å². The minimum absolute atomic E-state index is 0. The predicted octanol–water partition coefficient (Wildman–Crippen LogP) is 6.61. The Balaban J connectivity index is -0.00000144. The van der Waals surface area contributed by atoms with Crippen LogP contribution in [-0.2, 0) is 8.23 Å². The molecule has 0 saturated carbocycles. The lowest BCUT2D eigenvalue weighted by Gasteiger charge is -2.41. The Morgan fingerprint density at radius 2 is 1.05 bits per heavy atom. The first-order chi connectivity index (χ1) is 8.04. The molecule has 0 aliphatic carbocycles. The fourth-order valence-corrected chi connectivity index (χ4v) is 15.3. The van der Waals surface area contributed by atoms with Crippen LogP contribution in [0.2, 0.25) is 51.4 Å². The van der Waals surface area contributed by atoms with Gasteiger partial charge in [0.25, 0.3) is 0 Å². The van der Waals surface area contributed by atoms with Crippen molar-refractivity contribution in [3.8, 4) is 0 Å². The monoisotopic (exact) mass is 338 g/mol. The summed E-state index contributed by atoms with van der Waals surface area (Å²) in [5.74, 6) is 0. The smallest absolute Gasteiger partial charge is 0.317 e. The molecule has 0 amide bonds. The standard InChI is InChI=1S/C13H34O2Si3.2CH4/c1-9-11-13-18(12-10-2,14-16(3,4)5)15-17(6,7)8;;/h9-13H2,1-8H3;2*1H4. The van der Waals surface area contributed by atoms with E-state index in [2.05, 4.69) is 53.1 Å². The Morgan fingerprint density at radius 3 is 1.30 bits per heavy atom. The quantitative estimate of drug-likeness (QED) is 0.440. The molecule has 0 heterocycles. The molecule has 126 valence electrons.